The Morgan fingerprint density at radius 3 is 2.32 bits per heavy atom. The topological polar surface area (TPSA) is 65.5 Å². The van der Waals surface area contributed by atoms with E-state index in [9.17, 15) is 4.79 Å². The average molecular weight is 460 g/mol. The summed E-state index contributed by atoms with van der Waals surface area (Å²) in [5.41, 5.74) is 1.94. The van der Waals surface area contributed by atoms with Crippen LogP contribution in [0.2, 0.25) is 0 Å². The van der Waals surface area contributed by atoms with Gasteiger partial charge in [-0.1, -0.05) is 45.7 Å². The number of amides is 1. The molecule has 0 aliphatic rings. The van der Waals surface area contributed by atoms with Gasteiger partial charge in [0.1, 0.15) is 0 Å². The normalized spacial score (nSPS) is 11.0. The van der Waals surface area contributed by atoms with Crippen LogP contribution in [-0.4, -0.2) is 25.0 Å². The maximum Gasteiger partial charge on any atom is 0.226 e. The number of unbranched alkanes of at least 4 members (excludes halogenated alkanes) is 2. The number of aliphatic imine (C=N–C) groups is 1. The summed E-state index contributed by atoms with van der Waals surface area (Å²) in [6, 6.07) is 7.85. The molecule has 0 radical (unpaired) electrons. The molecule has 6 heteroatoms. The summed E-state index contributed by atoms with van der Waals surface area (Å²) in [6.07, 6.45) is 3.61. The van der Waals surface area contributed by atoms with Gasteiger partial charge in [0.25, 0.3) is 0 Å². The van der Waals surface area contributed by atoms with Crippen LogP contribution in [0.5, 0.6) is 0 Å². The lowest BCUT2D eigenvalue weighted by Crippen LogP contribution is -2.37. The molecule has 0 spiro atoms. The molecule has 0 saturated carbocycles. The highest BCUT2D eigenvalue weighted by Gasteiger charge is 2.06. The van der Waals surface area contributed by atoms with Crippen LogP contribution in [0.1, 0.15) is 52.5 Å². The molecule has 3 N–H and O–H groups in total. The minimum atomic E-state index is -0.0178. The Kier molecular flexibility index (Phi) is 13.2. The van der Waals surface area contributed by atoms with E-state index >= 15 is 0 Å². The minimum absolute atomic E-state index is 0. The lowest BCUT2D eigenvalue weighted by atomic mass is 10.2. The number of guanidine groups is 1. The molecule has 0 bridgehead atoms. The first-order valence-electron chi connectivity index (χ1n) is 8.98. The molecule has 25 heavy (non-hydrogen) atoms. The highest BCUT2D eigenvalue weighted by atomic mass is 127. The number of rotatable bonds is 9. The van der Waals surface area contributed by atoms with E-state index < -0.39 is 0 Å². The number of nitrogens with zero attached hydrogens (tertiary/aromatic N) is 1. The number of hydrogen-bond acceptors (Lipinski definition) is 2. The van der Waals surface area contributed by atoms with E-state index in [1.807, 2.05) is 38.1 Å². The van der Waals surface area contributed by atoms with Gasteiger partial charge in [-0.15, -0.1) is 24.0 Å². The summed E-state index contributed by atoms with van der Waals surface area (Å²) in [4.78, 5) is 16.3. The molecule has 5 nitrogen and oxygen atoms in total. The van der Waals surface area contributed by atoms with E-state index in [-0.39, 0.29) is 35.8 Å². The summed E-state index contributed by atoms with van der Waals surface area (Å²) in [5.74, 6) is 0.869. The lowest BCUT2D eigenvalue weighted by Gasteiger charge is -2.11. The molecule has 0 fully saturated rings. The fourth-order valence-electron chi connectivity index (χ4n) is 2.07. The Labute approximate surface area is 169 Å². The van der Waals surface area contributed by atoms with Crippen LogP contribution < -0.4 is 16.0 Å². The van der Waals surface area contributed by atoms with Crippen LogP contribution in [0.4, 0.5) is 5.69 Å². The maximum atomic E-state index is 11.7. The number of halogens is 1. The van der Waals surface area contributed by atoms with Crippen molar-refractivity contribution in [2.75, 3.05) is 18.4 Å². The van der Waals surface area contributed by atoms with Crippen molar-refractivity contribution in [2.24, 2.45) is 10.9 Å². The minimum Gasteiger partial charge on any atom is -0.357 e. The van der Waals surface area contributed by atoms with Gasteiger partial charge >= 0.3 is 0 Å². The van der Waals surface area contributed by atoms with E-state index in [1.54, 1.807) is 0 Å². The molecule has 1 aromatic carbocycles. The highest BCUT2D eigenvalue weighted by molar-refractivity contribution is 14.0. The number of carbonyl (C=O) groups is 1. The second kappa shape index (κ2) is 13.9. The van der Waals surface area contributed by atoms with Gasteiger partial charge in [-0.2, -0.15) is 0 Å². The fraction of sp³-hybridized carbons (Fsp3) is 0.579. The number of benzene rings is 1. The zero-order valence-corrected chi connectivity index (χ0v) is 18.2. The third-order valence-corrected chi connectivity index (χ3v) is 3.58. The van der Waals surface area contributed by atoms with Gasteiger partial charge in [-0.3, -0.25) is 4.79 Å². The zero-order chi connectivity index (χ0) is 17.8. The quantitative estimate of drug-likeness (QED) is 0.225. The standard InChI is InChI=1S/C19H32N4O.HI/c1-5-7-8-13-21-19(20-6-2)22-14-16-9-11-17(12-10-16)23-18(24)15(3)4;/h9-12,15H,5-8,13-14H2,1-4H3,(H,23,24)(H2,20,21,22);1H. The molecule has 142 valence electrons. The second-order valence-electron chi connectivity index (χ2n) is 6.17. The van der Waals surface area contributed by atoms with Crippen molar-refractivity contribution in [1.82, 2.24) is 10.6 Å². The van der Waals surface area contributed by atoms with Gasteiger partial charge in [-0.25, -0.2) is 4.99 Å². The van der Waals surface area contributed by atoms with Gasteiger partial charge in [0, 0.05) is 24.7 Å². The van der Waals surface area contributed by atoms with Crippen molar-refractivity contribution < 1.29 is 4.79 Å². The average Bonchev–Trinajstić information content (AvgIpc) is 2.57. The summed E-state index contributed by atoms with van der Waals surface area (Å²) in [6.45, 7) is 10.4. The molecule has 0 saturated heterocycles. The van der Waals surface area contributed by atoms with Crippen molar-refractivity contribution in [2.45, 2.75) is 53.5 Å². The van der Waals surface area contributed by atoms with E-state index in [2.05, 4.69) is 34.8 Å². The molecule has 0 aromatic heterocycles. The number of hydrogen-bond donors (Lipinski definition) is 3. The van der Waals surface area contributed by atoms with E-state index in [0.29, 0.717) is 6.54 Å². The lowest BCUT2D eigenvalue weighted by molar-refractivity contribution is -0.118. The zero-order valence-electron chi connectivity index (χ0n) is 15.9. The first-order valence-corrected chi connectivity index (χ1v) is 8.98. The second-order valence-corrected chi connectivity index (χ2v) is 6.17. The van der Waals surface area contributed by atoms with Gasteiger partial charge < -0.3 is 16.0 Å². The molecular weight excluding hydrogens is 427 g/mol. The summed E-state index contributed by atoms with van der Waals surface area (Å²) >= 11 is 0. The number of anilines is 1. The van der Waals surface area contributed by atoms with Crippen molar-refractivity contribution >= 4 is 41.5 Å². The van der Waals surface area contributed by atoms with Crippen molar-refractivity contribution in [3.05, 3.63) is 29.8 Å². The van der Waals surface area contributed by atoms with Crippen LogP contribution in [-0.2, 0) is 11.3 Å². The van der Waals surface area contributed by atoms with Crippen LogP contribution >= 0.6 is 24.0 Å². The monoisotopic (exact) mass is 460 g/mol. The summed E-state index contributed by atoms with van der Waals surface area (Å²) in [7, 11) is 0. The van der Waals surface area contributed by atoms with Crippen molar-refractivity contribution in [3.8, 4) is 0 Å². The van der Waals surface area contributed by atoms with E-state index in [4.69, 9.17) is 0 Å². The van der Waals surface area contributed by atoms with Crippen LogP contribution in [0.3, 0.4) is 0 Å². The van der Waals surface area contributed by atoms with E-state index in [0.717, 1.165) is 36.7 Å². The third kappa shape index (κ3) is 10.3. The Morgan fingerprint density at radius 1 is 1.08 bits per heavy atom. The molecule has 1 amide bonds. The first kappa shape index (κ1) is 23.7. The molecular formula is C19H33IN4O. The third-order valence-electron chi connectivity index (χ3n) is 3.58. The Balaban J connectivity index is 0.00000576. The predicted octanol–water partition coefficient (Wildman–Crippen LogP) is 4.14. The predicted molar refractivity (Wildman–Crippen MR) is 118 cm³/mol. The number of nitrogens with one attached hydrogen (secondary N) is 3. The maximum absolute atomic E-state index is 11.7. The molecule has 1 rings (SSSR count). The fourth-order valence-corrected chi connectivity index (χ4v) is 2.07. The SMILES string of the molecule is CCCCCNC(=NCc1ccc(NC(=O)C(C)C)cc1)NCC.I. The number of carbonyl (C=O) groups excluding carboxylic acids is 1. The molecule has 0 atom stereocenters. The molecule has 0 unspecified atom stereocenters. The van der Waals surface area contributed by atoms with Gasteiger partial charge in [0.2, 0.25) is 5.91 Å². The van der Waals surface area contributed by atoms with Crippen molar-refractivity contribution in [3.63, 3.8) is 0 Å². The van der Waals surface area contributed by atoms with Crippen molar-refractivity contribution in [1.29, 1.82) is 0 Å². The summed E-state index contributed by atoms with van der Waals surface area (Å²) in [5, 5.41) is 9.51. The molecule has 0 aliphatic carbocycles. The molecule has 1 aromatic rings. The largest absolute Gasteiger partial charge is 0.357 e. The molecule has 0 aliphatic heterocycles. The Hall–Kier alpha value is -1.31. The summed E-state index contributed by atoms with van der Waals surface area (Å²) < 4.78 is 0. The van der Waals surface area contributed by atoms with Gasteiger partial charge in [0.05, 0.1) is 6.54 Å². The smallest absolute Gasteiger partial charge is 0.226 e. The van der Waals surface area contributed by atoms with Crippen LogP contribution in [0, 0.1) is 5.92 Å². The van der Waals surface area contributed by atoms with Gasteiger partial charge in [0.15, 0.2) is 5.96 Å². The van der Waals surface area contributed by atoms with E-state index in [1.165, 1.54) is 12.8 Å². The van der Waals surface area contributed by atoms with Crippen LogP contribution in [0.25, 0.3) is 0 Å². The Morgan fingerprint density at radius 2 is 1.76 bits per heavy atom. The first-order chi connectivity index (χ1) is 11.6. The van der Waals surface area contributed by atoms with Gasteiger partial charge in [-0.05, 0) is 31.0 Å². The molecule has 0 heterocycles. The Bertz CT molecular complexity index is 515. The van der Waals surface area contributed by atoms with Crippen LogP contribution in [0.15, 0.2) is 29.3 Å². The highest BCUT2D eigenvalue weighted by Crippen LogP contribution is 2.11.